The van der Waals surface area contributed by atoms with E-state index < -0.39 is 17.7 Å². The lowest BCUT2D eigenvalue weighted by atomic mass is 10.0. The standard InChI is InChI=1S/C21H17ClFN3O3S2/c1-11-16(12-6-4-3-5-7-12)17(20(28)29-2)19(31-11)24-21(30)26-25-18(27)14-9-8-13(23)10-15(14)22/h3-10H,1-2H3,(H,25,27)(H2,24,26,30). The Morgan fingerprint density at radius 1 is 1.13 bits per heavy atom. The molecule has 3 N–H and O–H groups in total. The molecule has 0 aliphatic heterocycles. The fourth-order valence-electron chi connectivity index (χ4n) is 2.87. The molecule has 1 heterocycles. The molecule has 31 heavy (non-hydrogen) atoms. The molecule has 0 fully saturated rings. The Balaban J connectivity index is 1.78. The van der Waals surface area contributed by atoms with Gasteiger partial charge in [0.25, 0.3) is 5.91 Å². The number of carbonyl (C=O) groups excluding carboxylic acids is 2. The number of ether oxygens (including phenoxy) is 1. The summed E-state index contributed by atoms with van der Waals surface area (Å²) in [6.07, 6.45) is 0. The van der Waals surface area contributed by atoms with Crippen LogP contribution in [0.1, 0.15) is 25.6 Å². The van der Waals surface area contributed by atoms with Crippen molar-refractivity contribution in [3.8, 4) is 11.1 Å². The minimum Gasteiger partial charge on any atom is -0.465 e. The number of methoxy groups -OCH3 is 1. The predicted molar refractivity (Wildman–Crippen MR) is 124 cm³/mol. The number of hydrogen-bond donors (Lipinski definition) is 3. The third-order valence-corrected chi connectivity index (χ3v) is 5.77. The van der Waals surface area contributed by atoms with Gasteiger partial charge in [0.1, 0.15) is 16.4 Å². The minimum absolute atomic E-state index is 0.0347. The lowest BCUT2D eigenvalue weighted by molar-refractivity contribution is 0.0603. The molecule has 160 valence electrons. The molecule has 3 rings (SSSR count). The Morgan fingerprint density at radius 3 is 2.48 bits per heavy atom. The molecular weight excluding hydrogens is 461 g/mol. The smallest absolute Gasteiger partial charge is 0.341 e. The van der Waals surface area contributed by atoms with Crippen LogP contribution in [0.15, 0.2) is 48.5 Å². The highest BCUT2D eigenvalue weighted by Gasteiger charge is 2.24. The number of aryl methyl sites for hydroxylation is 1. The van der Waals surface area contributed by atoms with Gasteiger partial charge in [0.2, 0.25) is 0 Å². The van der Waals surface area contributed by atoms with Gasteiger partial charge in [0.05, 0.1) is 17.7 Å². The number of benzene rings is 2. The van der Waals surface area contributed by atoms with E-state index in [-0.39, 0.29) is 15.7 Å². The zero-order valence-electron chi connectivity index (χ0n) is 16.4. The zero-order chi connectivity index (χ0) is 22.5. The molecule has 0 unspecified atom stereocenters. The van der Waals surface area contributed by atoms with Crippen LogP contribution >= 0.6 is 35.2 Å². The van der Waals surface area contributed by atoms with Crippen LogP contribution in [-0.2, 0) is 4.74 Å². The van der Waals surface area contributed by atoms with Gasteiger partial charge in [-0.3, -0.25) is 15.6 Å². The van der Waals surface area contributed by atoms with Crippen LogP contribution in [0.4, 0.5) is 9.39 Å². The SMILES string of the molecule is COC(=O)c1c(NC(=S)NNC(=O)c2ccc(F)cc2Cl)sc(C)c1-c1ccccc1. The maximum atomic E-state index is 13.2. The molecule has 6 nitrogen and oxygen atoms in total. The minimum atomic E-state index is -0.602. The third-order valence-electron chi connectivity index (χ3n) is 4.23. The van der Waals surface area contributed by atoms with Gasteiger partial charge in [-0.05, 0) is 42.9 Å². The number of carbonyl (C=O) groups is 2. The van der Waals surface area contributed by atoms with Crippen molar-refractivity contribution in [3.63, 3.8) is 0 Å². The largest absolute Gasteiger partial charge is 0.465 e. The average Bonchev–Trinajstić information content (AvgIpc) is 3.07. The first kappa shape index (κ1) is 22.7. The maximum absolute atomic E-state index is 13.2. The Labute approximate surface area is 192 Å². The number of hydrogen-bond acceptors (Lipinski definition) is 5. The molecule has 2 aromatic carbocycles. The van der Waals surface area contributed by atoms with E-state index in [1.165, 1.54) is 24.5 Å². The number of rotatable bonds is 4. The molecule has 1 aromatic heterocycles. The van der Waals surface area contributed by atoms with Crippen molar-refractivity contribution in [1.29, 1.82) is 0 Å². The molecule has 0 atom stereocenters. The van der Waals surface area contributed by atoms with E-state index in [4.69, 9.17) is 28.6 Å². The van der Waals surface area contributed by atoms with Gasteiger partial charge in [-0.2, -0.15) is 0 Å². The van der Waals surface area contributed by atoms with E-state index >= 15 is 0 Å². The lowest BCUT2D eigenvalue weighted by Crippen LogP contribution is -2.43. The molecule has 10 heteroatoms. The summed E-state index contributed by atoms with van der Waals surface area (Å²) in [7, 11) is 1.30. The fourth-order valence-corrected chi connectivity index (χ4v) is 4.41. The summed E-state index contributed by atoms with van der Waals surface area (Å²) >= 11 is 12.5. The highest BCUT2D eigenvalue weighted by Crippen LogP contribution is 2.40. The predicted octanol–water partition coefficient (Wildman–Crippen LogP) is 4.93. The molecule has 0 saturated heterocycles. The molecule has 0 spiro atoms. The van der Waals surface area contributed by atoms with Gasteiger partial charge in [0, 0.05) is 10.4 Å². The molecule has 0 bridgehead atoms. The number of nitrogens with one attached hydrogen (secondary N) is 3. The number of anilines is 1. The number of esters is 1. The highest BCUT2D eigenvalue weighted by molar-refractivity contribution is 7.80. The number of thiophene rings is 1. The van der Waals surface area contributed by atoms with Crippen LogP contribution in [0.5, 0.6) is 0 Å². The van der Waals surface area contributed by atoms with E-state index in [9.17, 15) is 14.0 Å². The van der Waals surface area contributed by atoms with E-state index in [1.807, 2.05) is 37.3 Å². The Morgan fingerprint density at radius 2 is 1.84 bits per heavy atom. The molecule has 0 aliphatic carbocycles. The Hall–Kier alpha value is -3.01. The van der Waals surface area contributed by atoms with Crippen molar-refractivity contribution in [2.24, 2.45) is 0 Å². The van der Waals surface area contributed by atoms with Crippen LogP contribution in [0.25, 0.3) is 11.1 Å². The normalized spacial score (nSPS) is 10.3. The Bertz CT molecular complexity index is 1150. The Kier molecular flexibility index (Phi) is 7.21. The van der Waals surface area contributed by atoms with Gasteiger partial charge in [-0.25, -0.2) is 9.18 Å². The first-order valence-electron chi connectivity index (χ1n) is 8.91. The summed E-state index contributed by atoms with van der Waals surface area (Å²) in [6, 6.07) is 12.9. The topological polar surface area (TPSA) is 79.5 Å². The van der Waals surface area contributed by atoms with E-state index in [0.29, 0.717) is 10.6 Å². The fraction of sp³-hybridized carbons (Fsp3) is 0.0952. The van der Waals surface area contributed by atoms with Crippen LogP contribution in [0, 0.1) is 12.7 Å². The summed E-state index contributed by atoms with van der Waals surface area (Å²) in [5, 5.41) is 3.39. The third kappa shape index (κ3) is 5.19. The summed E-state index contributed by atoms with van der Waals surface area (Å²) in [5.74, 6) is -1.67. The lowest BCUT2D eigenvalue weighted by Gasteiger charge is -2.12. The van der Waals surface area contributed by atoms with Crippen LogP contribution in [0.3, 0.4) is 0 Å². The summed E-state index contributed by atoms with van der Waals surface area (Å²) in [5.41, 5.74) is 6.95. The number of amides is 1. The van der Waals surface area contributed by atoms with Crippen molar-refractivity contribution in [1.82, 2.24) is 10.9 Å². The second kappa shape index (κ2) is 9.86. The number of hydrazine groups is 1. The quantitative estimate of drug-likeness (QED) is 0.281. The molecule has 0 saturated carbocycles. The summed E-state index contributed by atoms with van der Waals surface area (Å²) in [6.45, 7) is 1.89. The van der Waals surface area contributed by atoms with Crippen molar-refractivity contribution in [2.45, 2.75) is 6.92 Å². The maximum Gasteiger partial charge on any atom is 0.341 e. The van der Waals surface area contributed by atoms with Gasteiger partial charge < -0.3 is 10.1 Å². The van der Waals surface area contributed by atoms with Gasteiger partial charge in [0.15, 0.2) is 5.11 Å². The van der Waals surface area contributed by atoms with Crippen molar-refractivity contribution in [3.05, 3.63) is 75.4 Å². The van der Waals surface area contributed by atoms with Crippen LogP contribution in [0.2, 0.25) is 5.02 Å². The second-order valence-corrected chi connectivity index (χ2v) is 8.29. The highest BCUT2D eigenvalue weighted by atomic mass is 35.5. The molecule has 1 amide bonds. The van der Waals surface area contributed by atoms with Crippen molar-refractivity contribution >= 4 is 57.1 Å². The van der Waals surface area contributed by atoms with Gasteiger partial charge in [-0.1, -0.05) is 41.9 Å². The van der Waals surface area contributed by atoms with Crippen molar-refractivity contribution in [2.75, 3.05) is 12.4 Å². The number of thiocarbonyl (C=S) groups is 1. The summed E-state index contributed by atoms with van der Waals surface area (Å²) < 4.78 is 18.1. The molecule has 0 radical (unpaired) electrons. The van der Waals surface area contributed by atoms with E-state index in [1.54, 1.807) is 0 Å². The first-order valence-corrected chi connectivity index (χ1v) is 10.5. The zero-order valence-corrected chi connectivity index (χ0v) is 18.8. The molecule has 0 aliphatic rings. The van der Waals surface area contributed by atoms with Crippen molar-refractivity contribution < 1.29 is 18.7 Å². The van der Waals surface area contributed by atoms with Crippen LogP contribution < -0.4 is 16.2 Å². The van der Waals surface area contributed by atoms with Crippen LogP contribution in [-0.4, -0.2) is 24.1 Å². The van der Waals surface area contributed by atoms with E-state index in [2.05, 4.69) is 16.2 Å². The van der Waals surface area contributed by atoms with Gasteiger partial charge >= 0.3 is 5.97 Å². The first-order chi connectivity index (χ1) is 14.8. The number of halogens is 2. The second-order valence-electron chi connectivity index (χ2n) is 6.25. The molecular formula is C21H17ClFN3O3S2. The monoisotopic (exact) mass is 477 g/mol. The van der Waals surface area contributed by atoms with E-state index in [0.717, 1.165) is 28.1 Å². The average molecular weight is 478 g/mol. The summed E-state index contributed by atoms with van der Waals surface area (Å²) in [4.78, 5) is 25.7. The molecule has 3 aromatic rings. The van der Waals surface area contributed by atoms with Gasteiger partial charge in [-0.15, -0.1) is 11.3 Å².